The summed E-state index contributed by atoms with van der Waals surface area (Å²) in [6.07, 6.45) is 1.72. The van der Waals surface area contributed by atoms with Gasteiger partial charge in [0.05, 0.1) is 11.2 Å². The van der Waals surface area contributed by atoms with E-state index in [1.165, 1.54) is 0 Å². The van der Waals surface area contributed by atoms with Gasteiger partial charge in [-0.3, -0.25) is 4.79 Å². The topological polar surface area (TPSA) is 50.4 Å². The summed E-state index contributed by atoms with van der Waals surface area (Å²) in [6, 6.07) is 7.72. The van der Waals surface area contributed by atoms with Crippen molar-refractivity contribution in [3.8, 4) is 0 Å². The van der Waals surface area contributed by atoms with Crippen molar-refractivity contribution in [2.24, 2.45) is 0 Å². The molecule has 19 heavy (non-hydrogen) atoms. The van der Waals surface area contributed by atoms with Crippen molar-refractivity contribution < 1.29 is 9.53 Å². The van der Waals surface area contributed by atoms with Crippen LogP contribution in [0.5, 0.6) is 0 Å². The fourth-order valence-corrected chi connectivity index (χ4v) is 2.52. The molecule has 1 saturated heterocycles. The number of rotatable bonds is 3. The number of ether oxygens (including phenoxy) is 1. The molecule has 104 valence electrons. The second kappa shape index (κ2) is 5.61. The molecule has 4 heteroatoms. The molecule has 0 radical (unpaired) electrons. The third-order valence-corrected chi connectivity index (χ3v) is 3.47. The Balaban J connectivity index is 2.05. The Morgan fingerprint density at radius 3 is 2.79 bits per heavy atom. The molecule has 1 aliphatic rings. The van der Waals surface area contributed by atoms with Crippen molar-refractivity contribution in [2.75, 3.05) is 19.0 Å². The summed E-state index contributed by atoms with van der Waals surface area (Å²) in [6.45, 7) is 4.82. The maximum Gasteiger partial charge on any atom is 0.253 e. The molecule has 1 heterocycles. The molecule has 1 unspecified atom stereocenters. The van der Waals surface area contributed by atoms with Crippen molar-refractivity contribution in [2.45, 2.75) is 38.3 Å². The van der Waals surface area contributed by atoms with Gasteiger partial charge in [-0.2, -0.15) is 0 Å². The predicted octanol–water partition coefficient (Wildman–Crippen LogP) is 2.42. The Kier molecular flexibility index (Phi) is 4.10. The van der Waals surface area contributed by atoms with Gasteiger partial charge in [0.2, 0.25) is 0 Å². The molecular weight excluding hydrogens is 240 g/mol. The number of carbonyl (C=O) groups excluding carboxylic acids is 1. The first-order valence-electron chi connectivity index (χ1n) is 6.73. The Morgan fingerprint density at radius 1 is 1.37 bits per heavy atom. The summed E-state index contributed by atoms with van der Waals surface area (Å²) >= 11 is 0. The third kappa shape index (κ3) is 3.47. The number of nitrogens with one attached hydrogen (secondary N) is 2. The Bertz CT molecular complexity index is 457. The van der Waals surface area contributed by atoms with Gasteiger partial charge < -0.3 is 15.4 Å². The van der Waals surface area contributed by atoms with Crippen LogP contribution in [0.3, 0.4) is 0 Å². The van der Waals surface area contributed by atoms with Gasteiger partial charge in [-0.15, -0.1) is 0 Å². The second-order valence-electron chi connectivity index (χ2n) is 5.57. The average Bonchev–Trinajstić information content (AvgIpc) is 2.37. The van der Waals surface area contributed by atoms with E-state index in [1.807, 2.05) is 31.3 Å². The smallest absolute Gasteiger partial charge is 0.253 e. The van der Waals surface area contributed by atoms with Gasteiger partial charge >= 0.3 is 0 Å². The van der Waals surface area contributed by atoms with E-state index in [0.29, 0.717) is 12.2 Å². The summed E-state index contributed by atoms with van der Waals surface area (Å²) in [4.78, 5) is 12.3. The van der Waals surface area contributed by atoms with Crippen molar-refractivity contribution in [3.63, 3.8) is 0 Å². The fourth-order valence-electron chi connectivity index (χ4n) is 2.52. The van der Waals surface area contributed by atoms with Crippen molar-refractivity contribution >= 4 is 11.6 Å². The zero-order valence-corrected chi connectivity index (χ0v) is 11.8. The molecule has 0 saturated carbocycles. The standard InChI is InChI=1S/C15H22N2O2/c1-15(2)10-11(8-9-19-15)17-14(18)12-6-4-5-7-13(12)16-3/h4-7,11,16H,8-10H2,1-3H3,(H,17,18). The fraction of sp³-hybridized carbons (Fsp3) is 0.533. The minimum atomic E-state index is -0.154. The molecule has 2 N–H and O–H groups in total. The maximum atomic E-state index is 12.3. The summed E-state index contributed by atoms with van der Waals surface area (Å²) in [5, 5.41) is 6.15. The monoisotopic (exact) mass is 262 g/mol. The van der Waals surface area contributed by atoms with Gasteiger partial charge in [-0.1, -0.05) is 12.1 Å². The van der Waals surface area contributed by atoms with E-state index in [0.717, 1.165) is 18.5 Å². The highest BCUT2D eigenvalue weighted by molar-refractivity contribution is 5.99. The lowest BCUT2D eigenvalue weighted by atomic mass is 9.93. The molecule has 1 fully saturated rings. The van der Waals surface area contributed by atoms with Crippen molar-refractivity contribution in [1.29, 1.82) is 0 Å². The lowest BCUT2D eigenvalue weighted by molar-refractivity contribution is -0.0615. The zero-order valence-electron chi connectivity index (χ0n) is 11.8. The zero-order chi connectivity index (χ0) is 13.9. The molecule has 1 aliphatic heterocycles. The Labute approximate surface area is 114 Å². The highest BCUT2D eigenvalue weighted by atomic mass is 16.5. The van der Waals surface area contributed by atoms with Gasteiger partial charge in [-0.25, -0.2) is 0 Å². The number of amides is 1. The molecule has 1 aromatic rings. The van der Waals surface area contributed by atoms with E-state index in [2.05, 4.69) is 24.5 Å². The molecule has 0 aromatic heterocycles. The first-order valence-corrected chi connectivity index (χ1v) is 6.73. The van der Waals surface area contributed by atoms with Gasteiger partial charge in [0, 0.05) is 25.4 Å². The molecule has 1 aromatic carbocycles. The van der Waals surface area contributed by atoms with Gasteiger partial charge in [0.1, 0.15) is 0 Å². The van der Waals surface area contributed by atoms with Crippen LogP contribution in [0.15, 0.2) is 24.3 Å². The largest absolute Gasteiger partial charge is 0.387 e. The normalized spacial score (nSPS) is 21.7. The minimum absolute atomic E-state index is 0.0207. The number of benzene rings is 1. The summed E-state index contributed by atoms with van der Waals surface area (Å²) in [5.41, 5.74) is 1.39. The van der Waals surface area contributed by atoms with Crippen LogP contribution in [0, 0.1) is 0 Å². The Morgan fingerprint density at radius 2 is 2.11 bits per heavy atom. The van der Waals surface area contributed by atoms with Gasteiger partial charge in [-0.05, 0) is 38.8 Å². The van der Waals surface area contributed by atoms with E-state index in [4.69, 9.17) is 4.74 Å². The van der Waals surface area contributed by atoms with E-state index in [1.54, 1.807) is 0 Å². The van der Waals surface area contributed by atoms with Crippen molar-refractivity contribution in [1.82, 2.24) is 5.32 Å². The van der Waals surface area contributed by atoms with Crippen LogP contribution >= 0.6 is 0 Å². The highest BCUT2D eigenvalue weighted by Gasteiger charge is 2.30. The number of hydrogen-bond acceptors (Lipinski definition) is 3. The van der Waals surface area contributed by atoms with Crippen LogP contribution in [0.2, 0.25) is 0 Å². The molecular formula is C15H22N2O2. The number of para-hydroxylation sites is 1. The van der Waals surface area contributed by atoms with E-state index >= 15 is 0 Å². The molecule has 4 nitrogen and oxygen atoms in total. The molecule has 1 amide bonds. The highest BCUT2D eigenvalue weighted by Crippen LogP contribution is 2.24. The van der Waals surface area contributed by atoms with Crippen LogP contribution in [0.4, 0.5) is 5.69 Å². The first kappa shape index (κ1) is 13.9. The van der Waals surface area contributed by atoms with Crippen LogP contribution in [-0.2, 0) is 4.74 Å². The van der Waals surface area contributed by atoms with Gasteiger partial charge in [0.25, 0.3) is 5.91 Å². The van der Waals surface area contributed by atoms with E-state index in [9.17, 15) is 4.79 Å². The predicted molar refractivity (Wildman–Crippen MR) is 76.5 cm³/mol. The number of carbonyl (C=O) groups is 1. The number of anilines is 1. The molecule has 1 atom stereocenters. The van der Waals surface area contributed by atoms with Gasteiger partial charge in [0.15, 0.2) is 0 Å². The van der Waals surface area contributed by atoms with Crippen LogP contribution < -0.4 is 10.6 Å². The van der Waals surface area contributed by atoms with Crippen LogP contribution in [-0.4, -0.2) is 31.2 Å². The third-order valence-electron chi connectivity index (χ3n) is 3.47. The van der Waals surface area contributed by atoms with E-state index < -0.39 is 0 Å². The maximum absolute atomic E-state index is 12.3. The lowest BCUT2D eigenvalue weighted by Crippen LogP contribution is -2.45. The average molecular weight is 262 g/mol. The van der Waals surface area contributed by atoms with Crippen molar-refractivity contribution in [3.05, 3.63) is 29.8 Å². The summed E-state index contributed by atoms with van der Waals surface area (Å²) in [5.74, 6) is -0.0207. The second-order valence-corrected chi connectivity index (χ2v) is 5.57. The molecule has 0 bridgehead atoms. The van der Waals surface area contributed by atoms with Crippen LogP contribution in [0.1, 0.15) is 37.0 Å². The molecule has 0 spiro atoms. The summed E-state index contributed by atoms with van der Waals surface area (Å²) < 4.78 is 5.66. The molecule has 0 aliphatic carbocycles. The minimum Gasteiger partial charge on any atom is -0.387 e. The quantitative estimate of drug-likeness (QED) is 0.879. The van der Waals surface area contributed by atoms with Crippen LogP contribution in [0.25, 0.3) is 0 Å². The first-order chi connectivity index (χ1) is 9.02. The SMILES string of the molecule is CNc1ccccc1C(=O)NC1CCOC(C)(C)C1. The lowest BCUT2D eigenvalue weighted by Gasteiger charge is -2.35. The Hall–Kier alpha value is -1.55. The van der Waals surface area contributed by atoms with E-state index in [-0.39, 0.29) is 17.6 Å². The summed E-state index contributed by atoms with van der Waals surface area (Å²) in [7, 11) is 1.82. The molecule has 2 rings (SSSR count). The number of hydrogen-bond donors (Lipinski definition) is 2.